The molecule has 3 N–H and O–H groups in total. The lowest BCUT2D eigenvalue weighted by Gasteiger charge is -2.57. The Bertz CT molecular complexity index is 472. The SMILES string of the molecule is C[C@]12CCC(O)CC1=CC[C@@H]1[C@H]2CC[C@]2(C)C(N)CC[C@@H]12. The van der Waals surface area contributed by atoms with Gasteiger partial charge in [0.2, 0.25) is 0 Å². The van der Waals surface area contributed by atoms with E-state index in [1.165, 1.54) is 38.5 Å². The van der Waals surface area contributed by atoms with E-state index in [2.05, 4.69) is 19.9 Å². The summed E-state index contributed by atoms with van der Waals surface area (Å²) in [6, 6.07) is 0.426. The van der Waals surface area contributed by atoms with E-state index in [1.54, 1.807) is 5.57 Å². The Balaban J connectivity index is 1.68. The molecular formula is C19H31NO. The summed E-state index contributed by atoms with van der Waals surface area (Å²) >= 11 is 0. The zero-order valence-corrected chi connectivity index (χ0v) is 13.6. The smallest absolute Gasteiger partial charge is 0.0577 e. The quantitative estimate of drug-likeness (QED) is 0.669. The van der Waals surface area contributed by atoms with E-state index in [9.17, 15) is 5.11 Å². The highest BCUT2D eigenvalue weighted by atomic mass is 16.3. The van der Waals surface area contributed by atoms with Crippen LogP contribution in [0.1, 0.15) is 65.2 Å². The van der Waals surface area contributed by atoms with E-state index in [0.29, 0.717) is 16.9 Å². The number of nitrogens with two attached hydrogens (primary N) is 1. The van der Waals surface area contributed by atoms with Gasteiger partial charge in [-0.05, 0) is 80.0 Å². The van der Waals surface area contributed by atoms with Gasteiger partial charge in [0.15, 0.2) is 0 Å². The molecule has 2 nitrogen and oxygen atoms in total. The summed E-state index contributed by atoms with van der Waals surface area (Å²) in [5.41, 5.74) is 8.83. The molecule has 21 heavy (non-hydrogen) atoms. The van der Waals surface area contributed by atoms with Crippen LogP contribution < -0.4 is 5.73 Å². The number of hydrogen-bond donors (Lipinski definition) is 2. The molecule has 0 aromatic rings. The largest absolute Gasteiger partial charge is 0.393 e. The second-order valence-electron chi connectivity index (χ2n) is 8.88. The maximum absolute atomic E-state index is 10.0. The highest BCUT2D eigenvalue weighted by Crippen LogP contribution is 2.64. The van der Waals surface area contributed by atoms with Gasteiger partial charge in [0.05, 0.1) is 6.10 Å². The van der Waals surface area contributed by atoms with Crippen LogP contribution in [0.2, 0.25) is 0 Å². The molecule has 0 radical (unpaired) electrons. The Hall–Kier alpha value is -0.340. The molecular weight excluding hydrogens is 258 g/mol. The zero-order valence-electron chi connectivity index (χ0n) is 13.6. The maximum atomic E-state index is 10.0. The molecule has 0 aliphatic heterocycles. The topological polar surface area (TPSA) is 46.2 Å². The van der Waals surface area contributed by atoms with Gasteiger partial charge < -0.3 is 10.8 Å². The van der Waals surface area contributed by atoms with Crippen LogP contribution in [0.5, 0.6) is 0 Å². The van der Waals surface area contributed by atoms with Crippen LogP contribution in [-0.2, 0) is 0 Å². The minimum absolute atomic E-state index is 0.0883. The van der Waals surface area contributed by atoms with Crippen molar-refractivity contribution in [3.8, 4) is 0 Å². The molecule has 118 valence electrons. The van der Waals surface area contributed by atoms with Gasteiger partial charge in [-0.15, -0.1) is 0 Å². The lowest BCUT2D eigenvalue weighted by molar-refractivity contribution is -0.0401. The minimum atomic E-state index is -0.0883. The number of hydrogen-bond acceptors (Lipinski definition) is 2. The van der Waals surface area contributed by atoms with Crippen molar-refractivity contribution >= 4 is 0 Å². The fourth-order valence-electron chi connectivity index (χ4n) is 6.68. The summed E-state index contributed by atoms with van der Waals surface area (Å²) in [4.78, 5) is 0. The Morgan fingerprint density at radius 2 is 1.90 bits per heavy atom. The summed E-state index contributed by atoms with van der Waals surface area (Å²) in [5, 5.41) is 10.0. The van der Waals surface area contributed by atoms with Crippen molar-refractivity contribution in [2.24, 2.45) is 34.3 Å². The van der Waals surface area contributed by atoms with Gasteiger partial charge in [-0.2, -0.15) is 0 Å². The average molecular weight is 289 g/mol. The van der Waals surface area contributed by atoms with Crippen molar-refractivity contribution in [2.45, 2.75) is 77.4 Å². The van der Waals surface area contributed by atoms with Crippen LogP contribution in [0.25, 0.3) is 0 Å². The van der Waals surface area contributed by atoms with Gasteiger partial charge in [-0.3, -0.25) is 0 Å². The number of allylic oxidation sites excluding steroid dienone is 1. The van der Waals surface area contributed by atoms with Gasteiger partial charge in [0.1, 0.15) is 0 Å². The van der Waals surface area contributed by atoms with Crippen molar-refractivity contribution in [1.29, 1.82) is 0 Å². The number of rotatable bonds is 0. The molecule has 0 amide bonds. The first kappa shape index (κ1) is 14.3. The Morgan fingerprint density at radius 1 is 1.10 bits per heavy atom. The highest BCUT2D eigenvalue weighted by Gasteiger charge is 2.57. The zero-order chi connectivity index (χ0) is 14.8. The van der Waals surface area contributed by atoms with Gasteiger partial charge >= 0.3 is 0 Å². The molecule has 0 aromatic carbocycles. The molecule has 0 spiro atoms. The maximum Gasteiger partial charge on any atom is 0.0577 e. The van der Waals surface area contributed by atoms with Crippen LogP contribution >= 0.6 is 0 Å². The normalized spacial score (nSPS) is 56.2. The Labute approximate surface area is 129 Å². The van der Waals surface area contributed by atoms with E-state index in [1.807, 2.05) is 0 Å². The third-order valence-corrected chi connectivity index (χ3v) is 8.15. The fraction of sp³-hybridized carbons (Fsp3) is 0.895. The molecule has 3 saturated carbocycles. The van der Waals surface area contributed by atoms with Crippen LogP contribution in [0, 0.1) is 28.6 Å². The molecule has 4 rings (SSSR count). The van der Waals surface area contributed by atoms with E-state index < -0.39 is 0 Å². The third kappa shape index (κ3) is 1.84. The van der Waals surface area contributed by atoms with E-state index in [4.69, 9.17) is 5.73 Å². The third-order valence-electron chi connectivity index (χ3n) is 8.15. The van der Waals surface area contributed by atoms with Crippen molar-refractivity contribution in [1.82, 2.24) is 0 Å². The monoisotopic (exact) mass is 289 g/mol. The molecule has 2 unspecified atom stereocenters. The summed E-state index contributed by atoms with van der Waals surface area (Å²) < 4.78 is 0. The molecule has 4 aliphatic rings. The molecule has 4 aliphatic carbocycles. The second-order valence-corrected chi connectivity index (χ2v) is 8.88. The van der Waals surface area contributed by atoms with Gasteiger partial charge in [0, 0.05) is 6.04 Å². The molecule has 0 saturated heterocycles. The van der Waals surface area contributed by atoms with Crippen molar-refractivity contribution in [3.63, 3.8) is 0 Å². The fourth-order valence-corrected chi connectivity index (χ4v) is 6.68. The van der Waals surface area contributed by atoms with Gasteiger partial charge in [-0.1, -0.05) is 25.5 Å². The highest BCUT2D eigenvalue weighted by molar-refractivity contribution is 5.25. The van der Waals surface area contributed by atoms with Crippen molar-refractivity contribution in [2.75, 3.05) is 0 Å². The summed E-state index contributed by atoms with van der Waals surface area (Å²) in [6.45, 7) is 4.97. The van der Waals surface area contributed by atoms with Crippen molar-refractivity contribution < 1.29 is 5.11 Å². The molecule has 0 aromatic heterocycles. The molecule has 7 atom stereocenters. The van der Waals surface area contributed by atoms with E-state index in [-0.39, 0.29) is 6.10 Å². The second kappa shape index (κ2) is 4.58. The minimum Gasteiger partial charge on any atom is -0.393 e. The summed E-state index contributed by atoms with van der Waals surface area (Å²) in [6.07, 6.45) is 12.1. The predicted octanol–water partition coefficient (Wildman–Crippen LogP) is 3.64. The van der Waals surface area contributed by atoms with E-state index >= 15 is 0 Å². The first-order valence-corrected chi connectivity index (χ1v) is 9.08. The predicted molar refractivity (Wildman–Crippen MR) is 85.7 cm³/mol. The molecule has 0 bridgehead atoms. The molecule has 2 heteroatoms. The first-order valence-electron chi connectivity index (χ1n) is 9.08. The average Bonchev–Trinajstić information content (AvgIpc) is 2.76. The lowest BCUT2D eigenvalue weighted by atomic mass is 9.48. The lowest BCUT2D eigenvalue weighted by Crippen LogP contribution is -2.52. The Kier molecular flexibility index (Phi) is 3.11. The van der Waals surface area contributed by atoms with Crippen LogP contribution in [-0.4, -0.2) is 17.3 Å². The Morgan fingerprint density at radius 3 is 2.71 bits per heavy atom. The summed E-state index contributed by atoms with van der Waals surface area (Å²) in [7, 11) is 0. The van der Waals surface area contributed by atoms with E-state index in [0.717, 1.165) is 30.6 Å². The first-order chi connectivity index (χ1) is 9.95. The van der Waals surface area contributed by atoms with Crippen LogP contribution in [0.4, 0.5) is 0 Å². The van der Waals surface area contributed by atoms with Crippen LogP contribution in [0.3, 0.4) is 0 Å². The van der Waals surface area contributed by atoms with Crippen molar-refractivity contribution in [3.05, 3.63) is 11.6 Å². The summed E-state index contributed by atoms with van der Waals surface area (Å²) in [5.74, 6) is 2.53. The molecule has 3 fully saturated rings. The van der Waals surface area contributed by atoms with Gasteiger partial charge in [0.25, 0.3) is 0 Å². The van der Waals surface area contributed by atoms with Crippen LogP contribution in [0.15, 0.2) is 11.6 Å². The standard InChI is InChI=1S/C19H31NO/c1-18-9-7-13(21)11-12(18)3-4-14-15-5-6-17(20)19(15,2)10-8-16(14)18/h3,13-17,21H,4-11,20H2,1-2H3/t13?,14-,15-,16+,17?,18-,19-/m0/s1. The molecule has 0 heterocycles. The number of aliphatic hydroxyl groups is 1. The number of fused-ring (bicyclic) bond motifs is 5. The number of aliphatic hydroxyl groups excluding tert-OH is 1. The van der Waals surface area contributed by atoms with Gasteiger partial charge in [-0.25, -0.2) is 0 Å².